The van der Waals surface area contributed by atoms with E-state index in [2.05, 4.69) is 10.3 Å². The first kappa shape index (κ1) is 17.7. The molecular formula is C20H17ClFN3O2. The van der Waals surface area contributed by atoms with Gasteiger partial charge in [0.15, 0.2) is 5.43 Å². The van der Waals surface area contributed by atoms with E-state index in [1.807, 2.05) is 23.1 Å². The number of amides is 1. The summed E-state index contributed by atoms with van der Waals surface area (Å²) in [5.74, 6) is -0.850. The molecule has 0 radical (unpaired) electrons. The molecular weight excluding hydrogens is 369 g/mol. The molecule has 1 amide bonds. The number of para-hydroxylation sites is 1. The maximum atomic E-state index is 13.5. The Morgan fingerprint density at radius 3 is 2.89 bits per heavy atom. The van der Waals surface area contributed by atoms with Gasteiger partial charge < -0.3 is 10.3 Å². The summed E-state index contributed by atoms with van der Waals surface area (Å²) < 4.78 is 13.5. The van der Waals surface area contributed by atoms with Gasteiger partial charge in [-0.05, 0) is 30.3 Å². The van der Waals surface area contributed by atoms with Crippen molar-refractivity contribution in [1.29, 1.82) is 0 Å². The van der Waals surface area contributed by atoms with Crippen molar-refractivity contribution in [3.05, 3.63) is 74.8 Å². The van der Waals surface area contributed by atoms with Gasteiger partial charge in [-0.1, -0.05) is 23.7 Å². The molecule has 4 rings (SSSR count). The molecule has 1 aliphatic rings. The monoisotopic (exact) mass is 385 g/mol. The smallest absolute Gasteiger partial charge is 0.238 e. The zero-order chi connectivity index (χ0) is 19.0. The Morgan fingerprint density at radius 1 is 1.26 bits per heavy atom. The minimum absolute atomic E-state index is 0.00392. The molecule has 5 nitrogen and oxygen atoms in total. The maximum Gasteiger partial charge on any atom is 0.238 e. The minimum atomic E-state index is -0.584. The molecule has 2 aromatic carbocycles. The maximum absolute atomic E-state index is 13.5. The molecule has 7 heteroatoms. The van der Waals surface area contributed by atoms with E-state index in [0.29, 0.717) is 36.1 Å². The number of hydrogen-bond acceptors (Lipinski definition) is 3. The second-order valence-corrected chi connectivity index (χ2v) is 7.00. The van der Waals surface area contributed by atoms with Crippen LogP contribution in [-0.2, 0) is 17.8 Å². The number of aromatic amines is 1. The highest BCUT2D eigenvalue weighted by molar-refractivity contribution is 6.30. The Labute approximate surface area is 159 Å². The predicted molar refractivity (Wildman–Crippen MR) is 104 cm³/mol. The number of halogens is 2. The first-order chi connectivity index (χ1) is 13.0. The van der Waals surface area contributed by atoms with Gasteiger partial charge >= 0.3 is 0 Å². The number of pyridine rings is 1. The largest absolute Gasteiger partial charge is 0.358 e. The second kappa shape index (κ2) is 7.13. The Kier molecular flexibility index (Phi) is 4.68. The number of carbonyl (C=O) groups is 1. The summed E-state index contributed by atoms with van der Waals surface area (Å²) in [7, 11) is 0. The number of aromatic nitrogens is 1. The van der Waals surface area contributed by atoms with Crippen LogP contribution in [0.3, 0.4) is 0 Å². The summed E-state index contributed by atoms with van der Waals surface area (Å²) >= 11 is 5.65. The lowest BCUT2D eigenvalue weighted by atomic mass is 10.0. The molecule has 0 fully saturated rings. The minimum Gasteiger partial charge on any atom is -0.358 e. The van der Waals surface area contributed by atoms with Gasteiger partial charge in [-0.3, -0.25) is 14.5 Å². The van der Waals surface area contributed by atoms with Crippen LogP contribution < -0.4 is 10.7 Å². The summed E-state index contributed by atoms with van der Waals surface area (Å²) in [5, 5.41) is 3.32. The van der Waals surface area contributed by atoms with Crippen LogP contribution in [0.5, 0.6) is 0 Å². The Hall–Kier alpha value is -2.70. The lowest BCUT2D eigenvalue weighted by molar-refractivity contribution is -0.117. The Balaban J connectivity index is 1.49. The topological polar surface area (TPSA) is 65.2 Å². The van der Waals surface area contributed by atoms with Crippen LogP contribution in [0.2, 0.25) is 5.02 Å². The van der Waals surface area contributed by atoms with Crippen LogP contribution in [-0.4, -0.2) is 28.9 Å². The standard InChI is InChI=1S/C20H17ClFN3O2/c21-15-6-5-12(9-16(15)22)23-19(26)11-25-8-7-18-14(10-25)20(27)13-3-1-2-4-17(13)24-18/h1-6,9H,7-8,10-11H2,(H,23,26)(H,24,27). The van der Waals surface area contributed by atoms with Crippen molar-refractivity contribution in [2.75, 3.05) is 18.4 Å². The van der Waals surface area contributed by atoms with E-state index in [9.17, 15) is 14.0 Å². The molecule has 27 heavy (non-hydrogen) atoms. The van der Waals surface area contributed by atoms with E-state index in [0.717, 1.165) is 11.2 Å². The van der Waals surface area contributed by atoms with Gasteiger partial charge in [-0.2, -0.15) is 0 Å². The van der Waals surface area contributed by atoms with Gasteiger partial charge in [0.05, 0.1) is 11.6 Å². The number of H-pyrrole nitrogens is 1. The number of fused-ring (bicyclic) bond motifs is 2. The van der Waals surface area contributed by atoms with Crippen LogP contribution in [0.1, 0.15) is 11.3 Å². The van der Waals surface area contributed by atoms with E-state index in [1.165, 1.54) is 12.1 Å². The van der Waals surface area contributed by atoms with Crippen LogP contribution in [0.25, 0.3) is 10.9 Å². The molecule has 138 valence electrons. The van der Waals surface area contributed by atoms with Crippen molar-refractivity contribution in [3.63, 3.8) is 0 Å². The lowest BCUT2D eigenvalue weighted by Gasteiger charge is -2.27. The second-order valence-electron chi connectivity index (χ2n) is 6.59. The van der Waals surface area contributed by atoms with Gasteiger partial charge in [0, 0.05) is 47.4 Å². The predicted octanol–water partition coefficient (Wildman–Crippen LogP) is 3.32. The normalized spacial score (nSPS) is 14.1. The fourth-order valence-electron chi connectivity index (χ4n) is 3.39. The highest BCUT2D eigenvalue weighted by Crippen LogP contribution is 2.20. The van der Waals surface area contributed by atoms with Crippen LogP contribution in [0.4, 0.5) is 10.1 Å². The van der Waals surface area contributed by atoms with Gasteiger partial charge in [0.1, 0.15) is 5.82 Å². The fraction of sp³-hybridized carbons (Fsp3) is 0.200. The highest BCUT2D eigenvalue weighted by atomic mass is 35.5. The van der Waals surface area contributed by atoms with Crippen molar-refractivity contribution >= 4 is 34.1 Å². The van der Waals surface area contributed by atoms with Gasteiger partial charge in [0.25, 0.3) is 0 Å². The van der Waals surface area contributed by atoms with Crippen LogP contribution in [0, 0.1) is 5.82 Å². The summed E-state index contributed by atoms with van der Waals surface area (Å²) in [6.07, 6.45) is 0.665. The summed E-state index contributed by atoms with van der Waals surface area (Å²) in [6, 6.07) is 11.5. The molecule has 3 aromatic rings. The molecule has 0 unspecified atom stereocenters. The number of benzene rings is 2. The Morgan fingerprint density at radius 2 is 2.07 bits per heavy atom. The average Bonchev–Trinajstić information content (AvgIpc) is 2.65. The number of hydrogen-bond donors (Lipinski definition) is 2. The molecule has 0 aliphatic carbocycles. The first-order valence-corrected chi connectivity index (χ1v) is 8.99. The summed E-state index contributed by atoms with van der Waals surface area (Å²) in [5.41, 5.74) is 2.81. The van der Waals surface area contributed by atoms with E-state index in [4.69, 9.17) is 11.6 Å². The number of anilines is 1. The number of nitrogens with zero attached hydrogens (tertiary/aromatic N) is 1. The van der Waals surface area contributed by atoms with Gasteiger partial charge in [0.2, 0.25) is 5.91 Å². The number of nitrogens with one attached hydrogen (secondary N) is 2. The molecule has 1 aromatic heterocycles. The lowest BCUT2D eigenvalue weighted by Crippen LogP contribution is -2.39. The molecule has 0 spiro atoms. The van der Waals surface area contributed by atoms with Gasteiger partial charge in [-0.25, -0.2) is 4.39 Å². The molecule has 2 N–H and O–H groups in total. The van der Waals surface area contributed by atoms with Crippen molar-refractivity contribution in [2.45, 2.75) is 13.0 Å². The van der Waals surface area contributed by atoms with Crippen molar-refractivity contribution in [1.82, 2.24) is 9.88 Å². The highest BCUT2D eigenvalue weighted by Gasteiger charge is 2.22. The van der Waals surface area contributed by atoms with Gasteiger partial charge in [-0.15, -0.1) is 0 Å². The first-order valence-electron chi connectivity index (χ1n) is 8.61. The van der Waals surface area contributed by atoms with E-state index in [-0.39, 0.29) is 22.9 Å². The van der Waals surface area contributed by atoms with Crippen molar-refractivity contribution < 1.29 is 9.18 Å². The van der Waals surface area contributed by atoms with Crippen molar-refractivity contribution in [3.8, 4) is 0 Å². The average molecular weight is 386 g/mol. The summed E-state index contributed by atoms with van der Waals surface area (Å²) in [6.45, 7) is 1.18. The van der Waals surface area contributed by atoms with E-state index in [1.54, 1.807) is 12.1 Å². The molecule has 0 saturated carbocycles. The third-order valence-electron chi connectivity index (χ3n) is 4.73. The summed E-state index contributed by atoms with van der Waals surface area (Å²) in [4.78, 5) is 30.3. The quantitative estimate of drug-likeness (QED) is 0.727. The zero-order valence-corrected chi connectivity index (χ0v) is 15.1. The van der Waals surface area contributed by atoms with Crippen LogP contribution in [0.15, 0.2) is 47.3 Å². The van der Waals surface area contributed by atoms with E-state index < -0.39 is 5.82 Å². The zero-order valence-electron chi connectivity index (χ0n) is 14.4. The molecule has 2 heterocycles. The van der Waals surface area contributed by atoms with Crippen LogP contribution >= 0.6 is 11.6 Å². The molecule has 1 aliphatic heterocycles. The molecule has 0 atom stereocenters. The Bertz CT molecular complexity index is 1100. The fourth-order valence-corrected chi connectivity index (χ4v) is 3.51. The molecule has 0 bridgehead atoms. The van der Waals surface area contributed by atoms with E-state index >= 15 is 0 Å². The number of carbonyl (C=O) groups excluding carboxylic acids is 1. The third-order valence-corrected chi connectivity index (χ3v) is 5.03. The SMILES string of the molecule is O=C(CN1CCc2[nH]c3ccccc3c(=O)c2C1)Nc1ccc(Cl)c(F)c1. The third kappa shape index (κ3) is 3.59. The molecule has 0 saturated heterocycles. The van der Waals surface area contributed by atoms with Crippen molar-refractivity contribution in [2.24, 2.45) is 0 Å². The number of rotatable bonds is 3.